The molecule has 0 saturated carbocycles. The van der Waals surface area contributed by atoms with Crippen molar-refractivity contribution in [1.29, 1.82) is 0 Å². The second kappa shape index (κ2) is 5.34. The monoisotopic (exact) mass is 290 g/mol. The molecular weight excluding hydrogens is 275 g/mol. The van der Waals surface area contributed by atoms with Crippen LogP contribution >= 0.6 is 11.3 Å². The Morgan fingerprint density at radius 1 is 1.45 bits per heavy atom. The lowest BCUT2D eigenvalue weighted by Gasteiger charge is -2.18. The summed E-state index contributed by atoms with van der Waals surface area (Å²) in [5, 5.41) is 8.09. The molecule has 0 radical (unpaired) electrons. The number of fused-ring (bicyclic) bond motifs is 1. The van der Waals surface area contributed by atoms with Crippen LogP contribution in [0.3, 0.4) is 0 Å². The van der Waals surface area contributed by atoms with Gasteiger partial charge in [-0.1, -0.05) is 6.07 Å². The molecule has 3 rings (SSSR count). The fraction of sp³-hybridized carbons (Fsp3) is 0.267. The highest BCUT2D eigenvalue weighted by Crippen LogP contribution is 2.31. The van der Waals surface area contributed by atoms with Crippen molar-refractivity contribution in [2.24, 2.45) is 0 Å². The van der Waals surface area contributed by atoms with Crippen LogP contribution in [0.4, 0.5) is 10.1 Å². The molecule has 0 spiro atoms. The maximum absolute atomic E-state index is 13.3. The van der Waals surface area contributed by atoms with E-state index in [4.69, 9.17) is 0 Å². The molecule has 5 heteroatoms. The van der Waals surface area contributed by atoms with Crippen molar-refractivity contribution in [2.45, 2.75) is 25.4 Å². The number of carbonyl (C=O) groups is 1. The summed E-state index contributed by atoms with van der Waals surface area (Å²) in [6, 6.07) is 8.13. The van der Waals surface area contributed by atoms with Gasteiger partial charge in [0.15, 0.2) is 0 Å². The van der Waals surface area contributed by atoms with Crippen LogP contribution in [0, 0.1) is 5.82 Å². The average Bonchev–Trinajstić information content (AvgIpc) is 3.00. The van der Waals surface area contributed by atoms with Gasteiger partial charge in [0, 0.05) is 22.2 Å². The number of thiophene rings is 1. The van der Waals surface area contributed by atoms with E-state index in [-0.39, 0.29) is 17.8 Å². The fourth-order valence-corrected chi connectivity index (χ4v) is 3.31. The summed E-state index contributed by atoms with van der Waals surface area (Å²) < 4.78 is 13.3. The van der Waals surface area contributed by atoms with Gasteiger partial charge in [-0.2, -0.15) is 0 Å². The zero-order chi connectivity index (χ0) is 14.1. The number of anilines is 1. The molecule has 1 aromatic heterocycles. The molecule has 0 bridgehead atoms. The largest absolute Gasteiger partial charge is 0.324 e. The van der Waals surface area contributed by atoms with Gasteiger partial charge in [-0.15, -0.1) is 11.3 Å². The second-order valence-corrected chi connectivity index (χ2v) is 6.04. The lowest BCUT2D eigenvalue weighted by Crippen LogP contribution is -2.35. The minimum Gasteiger partial charge on any atom is -0.324 e. The predicted molar refractivity (Wildman–Crippen MR) is 78.4 cm³/mol. The Hall–Kier alpha value is -1.72. The molecule has 1 aliphatic heterocycles. The number of carbonyl (C=O) groups excluding carboxylic acids is 1. The number of hydrogen-bond acceptors (Lipinski definition) is 3. The Morgan fingerprint density at radius 3 is 3.05 bits per heavy atom. The van der Waals surface area contributed by atoms with Crippen LogP contribution < -0.4 is 10.6 Å². The van der Waals surface area contributed by atoms with Crippen molar-refractivity contribution in [3.05, 3.63) is 52.0 Å². The molecule has 1 aromatic carbocycles. The highest BCUT2D eigenvalue weighted by molar-refractivity contribution is 7.09. The third-order valence-corrected chi connectivity index (χ3v) is 4.28. The third kappa shape index (κ3) is 2.59. The lowest BCUT2D eigenvalue weighted by molar-refractivity contribution is -0.117. The summed E-state index contributed by atoms with van der Waals surface area (Å²) >= 11 is 1.70. The molecule has 2 atom stereocenters. The summed E-state index contributed by atoms with van der Waals surface area (Å²) in [6.07, 6.45) is 0.853. The Labute approximate surface area is 120 Å². The number of amides is 1. The van der Waals surface area contributed by atoms with Gasteiger partial charge in [0.1, 0.15) is 11.9 Å². The molecular formula is C15H15FN2OS. The Morgan fingerprint density at radius 2 is 2.30 bits per heavy atom. The van der Waals surface area contributed by atoms with E-state index in [1.165, 1.54) is 17.0 Å². The first-order chi connectivity index (χ1) is 9.63. The van der Waals surface area contributed by atoms with Gasteiger partial charge < -0.3 is 5.32 Å². The first-order valence-corrected chi connectivity index (χ1v) is 7.40. The number of benzene rings is 1. The van der Waals surface area contributed by atoms with E-state index in [0.717, 1.165) is 6.42 Å². The summed E-state index contributed by atoms with van der Waals surface area (Å²) in [4.78, 5) is 13.3. The quantitative estimate of drug-likeness (QED) is 0.908. The molecule has 2 heterocycles. The molecule has 0 fully saturated rings. The van der Waals surface area contributed by atoms with Crippen molar-refractivity contribution in [3.63, 3.8) is 0 Å². The Kier molecular flexibility index (Phi) is 3.54. The van der Waals surface area contributed by atoms with Gasteiger partial charge in [-0.05, 0) is 43.0 Å². The van der Waals surface area contributed by atoms with Crippen molar-refractivity contribution in [3.8, 4) is 0 Å². The van der Waals surface area contributed by atoms with E-state index >= 15 is 0 Å². The van der Waals surface area contributed by atoms with E-state index in [2.05, 4.69) is 16.7 Å². The van der Waals surface area contributed by atoms with Crippen LogP contribution in [0.15, 0.2) is 35.7 Å². The molecule has 2 N–H and O–H groups in total. The van der Waals surface area contributed by atoms with Gasteiger partial charge in [-0.3, -0.25) is 10.1 Å². The third-order valence-electron chi connectivity index (χ3n) is 3.38. The van der Waals surface area contributed by atoms with Crippen molar-refractivity contribution < 1.29 is 9.18 Å². The van der Waals surface area contributed by atoms with Crippen LogP contribution in [-0.4, -0.2) is 11.9 Å². The van der Waals surface area contributed by atoms with Gasteiger partial charge >= 0.3 is 0 Å². The summed E-state index contributed by atoms with van der Waals surface area (Å²) in [5.41, 5.74) is 1.38. The number of halogens is 1. The number of hydrogen-bond donors (Lipinski definition) is 2. The average molecular weight is 290 g/mol. The summed E-state index contributed by atoms with van der Waals surface area (Å²) in [5.74, 6) is -0.443. The molecule has 2 aromatic rings. The van der Waals surface area contributed by atoms with Gasteiger partial charge in [0.2, 0.25) is 5.91 Å². The highest BCUT2D eigenvalue weighted by Gasteiger charge is 2.31. The molecule has 104 valence electrons. The predicted octanol–water partition coefficient (Wildman–Crippen LogP) is 3.10. The minimum absolute atomic E-state index is 0.122. The van der Waals surface area contributed by atoms with Gasteiger partial charge in [0.25, 0.3) is 0 Å². The minimum atomic E-state index is -0.476. The van der Waals surface area contributed by atoms with Crippen molar-refractivity contribution in [2.75, 3.05) is 5.32 Å². The lowest BCUT2D eigenvalue weighted by atomic mass is 10.1. The highest BCUT2D eigenvalue weighted by atomic mass is 32.1. The zero-order valence-electron chi connectivity index (χ0n) is 11.0. The van der Waals surface area contributed by atoms with Gasteiger partial charge in [0.05, 0.1) is 0 Å². The first-order valence-electron chi connectivity index (χ1n) is 6.52. The topological polar surface area (TPSA) is 41.1 Å². The van der Waals surface area contributed by atoms with Crippen molar-refractivity contribution in [1.82, 2.24) is 5.32 Å². The molecule has 3 nitrogen and oxygen atoms in total. The molecule has 1 amide bonds. The van der Waals surface area contributed by atoms with Gasteiger partial charge in [-0.25, -0.2) is 4.39 Å². The Bertz CT molecular complexity index is 627. The normalized spacial score (nSPS) is 18.7. The first kappa shape index (κ1) is 13.3. The van der Waals surface area contributed by atoms with Crippen LogP contribution in [0.1, 0.15) is 23.4 Å². The maximum atomic E-state index is 13.3. The summed E-state index contributed by atoms with van der Waals surface area (Å²) in [6.45, 7) is 2.03. The standard InChI is InChI=1S/C15H15FN2OS/c1-9(7-11-3-2-6-20-11)17-14-12-8-10(16)4-5-13(12)18-15(14)19/h2-6,8-9,14,17H,7H2,1H3,(H,18,19). The molecule has 0 saturated heterocycles. The molecule has 2 unspecified atom stereocenters. The SMILES string of the molecule is CC(Cc1cccs1)NC1C(=O)Nc2ccc(F)cc21. The van der Waals surface area contributed by atoms with Crippen LogP contribution in [0.25, 0.3) is 0 Å². The van der Waals surface area contributed by atoms with E-state index in [9.17, 15) is 9.18 Å². The fourth-order valence-electron chi connectivity index (χ4n) is 2.47. The van der Waals surface area contributed by atoms with E-state index in [1.807, 2.05) is 18.4 Å². The van der Waals surface area contributed by atoms with E-state index < -0.39 is 6.04 Å². The second-order valence-electron chi connectivity index (χ2n) is 5.01. The molecule has 0 aliphatic carbocycles. The van der Waals surface area contributed by atoms with Crippen LogP contribution in [-0.2, 0) is 11.2 Å². The number of nitrogens with one attached hydrogen (secondary N) is 2. The smallest absolute Gasteiger partial charge is 0.246 e. The molecule has 1 aliphatic rings. The van der Waals surface area contributed by atoms with E-state index in [0.29, 0.717) is 11.3 Å². The molecule has 20 heavy (non-hydrogen) atoms. The van der Waals surface area contributed by atoms with Crippen molar-refractivity contribution >= 4 is 22.9 Å². The Balaban J connectivity index is 1.74. The maximum Gasteiger partial charge on any atom is 0.246 e. The van der Waals surface area contributed by atoms with E-state index in [1.54, 1.807) is 17.4 Å². The number of rotatable bonds is 4. The van der Waals surface area contributed by atoms with Crippen LogP contribution in [0.5, 0.6) is 0 Å². The van der Waals surface area contributed by atoms with Crippen LogP contribution in [0.2, 0.25) is 0 Å². The summed E-state index contributed by atoms with van der Waals surface area (Å²) in [7, 11) is 0. The zero-order valence-corrected chi connectivity index (χ0v) is 11.8.